The first kappa shape index (κ1) is 15.1. The number of nitrogens with zero attached hydrogens (tertiary/aromatic N) is 2. The van der Waals surface area contributed by atoms with Crippen LogP contribution in [0.5, 0.6) is 0 Å². The first-order valence-electron chi connectivity index (χ1n) is 6.60. The monoisotopic (exact) mass is 293 g/mol. The lowest BCUT2D eigenvalue weighted by molar-refractivity contribution is -0.135. The van der Waals surface area contributed by atoms with Gasteiger partial charge in [-0.1, -0.05) is 18.2 Å². The number of aromatic nitrogens is 1. The van der Waals surface area contributed by atoms with Crippen molar-refractivity contribution in [3.05, 3.63) is 36.0 Å². The fourth-order valence-electron chi connectivity index (χ4n) is 2.08. The van der Waals surface area contributed by atoms with E-state index < -0.39 is 12.6 Å². The number of anilines is 1. The van der Waals surface area contributed by atoms with E-state index in [1.54, 1.807) is 0 Å². The number of halogens is 3. The minimum atomic E-state index is -4.11. The number of fused-ring (bicyclic) bond motifs is 1. The molecule has 1 aromatic carbocycles. The Morgan fingerprint density at radius 2 is 1.95 bits per heavy atom. The van der Waals surface area contributed by atoms with Crippen molar-refractivity contribution in [2.24, 2.45) is 0 Å². The summed E-state index contributed by atoms with van der Waals surface area (Å²) in [5.41, 5.74) is 1.77. The number of para-hydroxylation sites is 1. The van der Waals surface area contributed by atoms with Gasteiger partial charge in [-0.2, -0.15) is 18.4 Å². The lowest BCUT2D eigenvalue weighted by Crippen LogP contribution is -2.09. The van der Waals surface area contributed by atoms with Crippen LogP contribution in [0, 0.1) is 11.3 Å². The molecule has 1 N–H and O–H groups in total. The van der Waals surface area contributed by atoms with E-state index in [2.05, 4.69) is 10.3 Å². The molecule has 0 unspecified atom stereocenters. The molecule has 6 heteroatoms. The van der Waals surface area contributed by atoms with E-state index in [4.69, 9.17) is 5.26 Å². The molecule has 110 valence electrons. The molecule has 0 fully saturated rings. The number of alkyl halides is 3. The van der Waals surface area contributed by atoms with Crippen LogP contribution >= 0.6 is 0 Å². The molecular weight excluding hydrogens is 279 g/mol. The number of hydrogen-bond donors (Lipinski definition) is 1. The van der Waals surface area contributed by atoms with Gasteiger partial charge in [0.15, 0.2) is 0 Å². The Bertz CT molecular complexity index is 659. The smallest absolute Gasteiger partial charge is 0.383 e. The van der Waals surface area contributed by atoms with Crippen LogP contribution in [-0.4, -0.2) is 17.7 Å². The van der Waals surface area contributed by atoms with E-state index in [-0.39, 0.29) is 6.42 Å². The van der Waals surface area contributed by atoms with Crippen LogP contribution in [0.3, 0.4) is 0 Å². The predicted octanol–water partition coefficient (Wildman–Crippen LogP) is 4.25. The van der Waals surface area contributed by atoms with Crippen molar-refractivity contribution in [3.8, 4) is 6.07 Å². The first-order valence-corrected chi connectivity index (χ1v) is 6.60. The van der Waals surface area contributed by atoms with Crippen LogP contribution < -0.4 is 5.32 Å². The lowest BCUT2D eigenvalue weighted by atomic mass is 10.1. The Morgan fingerprint density at radius 1 is 1.19 bits per heavy atom. The molecule has 3 nitrogen and oxygen atoms in total. The van der Waals surface area contributed by atoms with Crippen LogP contribution in [0.4, 0.5) is 18.9 Å². The van der Waals surface area contributed by atoms with Gasteiger partial charge in [0.1, 0.15) is 6.07 Å². The van der Waals surface area contributed by atoms with Crippen LogP contribution in [-0.2, 0) is 0 Å². The number of nitriles is 1. The normalized spacial score (nSPS) is 11.3. The average Bonchev–Trinajstić information content (AvgIpc) is 2.45. The molecule has 0 bridgehead atoms. The number of rotatable bonds is 5. The highest BCUT2D eigenvalue weighted by molar-refractivity contribution is 5.93. The van der Waals surface area contributed by atoms with E-state index in [0.717, 1.165) is 10.9 Å². The number of benzene rings is 1. The molecule has 0 amide bonds. The van der Waals surface area contributed by atoms with Gasteiger partial charge in [-0.25, -0.2) is 0 Å². The van der Waals surface area contributed by atoms with Gasteiger partial charge < -0.3 is 5.32 Å². The Morgan fingerprint density at radius 3 is 2.67 bits per heavy atom. The average molecular weight is 293 g/mol. The van der Waals surface area contributed by atoms with E-state index in [1.807, 2.05) is 30.3 Å². The molecular formula is C15H14F3N3. The molecule has 2 aromatic rings. The van der Waals surface area contributed by atoms with Crippen LogP contribution in [0.15, 0.2) is 30.5 Å². The second kappa shape index (κ2) is 6.44. The summed E-state index contributed by atoms with van der Waals surface area (Å²) >= 11 is 0. The summed E-state index contributed by atoms with van der Waals surface area (Å²) in [4.78, 5) is 4.18. The van der Waals surface area contributed by atoms with Gasteiger partial charge in [-0.15, -0.1) is 0 Å². The number of nitrogens with one attached hydrogen (secondary N) is 1. The highest BCUT2D eigenvalue weighted by atomic mass is 19.4. The lowest BCUT2D eigenvalue weighted by Gasteiger charge is -2.11. The van der Waals surface area contributed by atoms with Crippen LogP contribution in [0.1, 0.15) is 24.8 Å². The van der Waals surface area contributed by atoms with Crippen molar-refractivity contribution < 1.29 is 13.2 Å². The summed E-state index contributed by atoms with van der Waals surface area (Å²) in [7, 11) is 0. The van der Waals surface area contributed by atoms with Crippen molar-refractivity contribution in [2.75, 3.05) is 11.9 Å². The third-order valence-corrected chi connectivity index (χ3v) is 3.08. The third-order valence-electron chi connectivity index (χ3n) is 3.08. The highest BCUT2D eigenvalue weighted by Crippen LogP contribution is 2.26. The molecule has 0 aliphatic heterocycles. The zero-order valence-electron chi connectivity index (χ0n) is 11.2. The fourth-order valence-corrected chi connectivity index (χ4v) is 2.08. The Balaban J connectivity index is 2.06. The van der Waals surface area contributed by atoms with Crippen molar-refractivity contribution in [3.63, 3.8) is 0 Å². The molecule has 0 aliphatic rings. The summed E-state index contributed by atoms with van der Waals surface area (Å²) in [5, 5.41) is 13.0. The summed E-state index contributed by atoms with van der Waals surface area (Å²) in [6.07, 6.45) is -2.96. The summed E-state index contributed by atoms with van der Waals surface area (Å²) in [6.45, 7) is 0.388. The second-order valence-corrected chi connectivity index (χ2v) is 4.67. The second-order valence-electron chi connectivity index (χ2n) is 4.67. The van der Waals surface area contributed by atoms with E-state index >= 15 is 0 Å². The minimum Gasteiger partial charge on any atom is -0.383 e. The van der Waals surface area contributed by atoms with Gasteiger partial charge in [-0.05, 0) is 18.9 Å². The van der Waals surface area contributed by atoms with Crippen molar-refractivity contribution in [1.29, 1.82) is 5.26 Å². The Hall–Kier alpha value is -2.29. The molecule has 21 heavy (non-hydrogen) atoms. The van der Waals surface area contributed by atoms with Gasteiger partial charge in [-0.3, -0.25) is 4.98 Å². The van der Waals surface area contributed by atoms with Gasteiger partial charge in [0.05, 0.1) is 16.8 Å². The number of pyridine rings is 1. The van der Waals surface area contributed by atoms with Gasteiger partial charge in [0.25, 0.3) is 0 Å². The molecule has 0 atom stereocenters. The molecule has 0 radical (unpaired) electrons. The van der Waals surface area contributed by atoms with E-state index in [9.17, 15) is 13.2 Å². The minimum absolute atomic E-state index is 0.0708. The molecule has 1 heterocycles. The predicted molar refractivity (Wildman–Crippen MR) is 74.9 cm³/mol. The zero-order chi connectivity index (χ0) is 15.3. The molecule has 0 saturated heterocycles. The van der Waals surface area contributed by atoms with E-state index in [1.165, 1.54) is 6.20 Å². The maximum Gasteiger partial charge on any atom is 0.389 e. The van der Waals surface area contributed by atoms with Gasteiger partial charge >= 0.3 is 6.18 Å². The highest BCUT2D eigenvalue weighted by Gasteiger charge is 2.25. The summed E-state index contributed by atoms with van der Waals surface area (Å²) < 4.78 is 36.2. The fraction of sp³-hybridized carbons (Fsp3) is 0.333. The van der Waals surface area contributed by atoms with Gasteiger partial charge in [0, 0.05) is 24.5 Å². The van der Waals surface area contributed by atoms with Crippen molar-refractivity contribution in [2.45, 2.75) is 25.4 Å². The van der Waals surface area contributed by atoms with Crippen LogP contribution in [0.25, 0.3) is 10.9 Å². The number of hydrogen-bond acceptors (Lipinski definition) is 3. The maximum atomic E-state index is 12.1. The molecule has 1 aromatic heterocycles. The molecule has 2 rings (SSSR count). The standard InChI is InChI=1S/C15H14F3N3/c16-15(17,18)7-3-4-8-20-14-11(9-19)10-21-13-6-2-1-5-12(13)14/h1-2,5-6,10H,3-4,7-8H2,(H,20,21). The molecule has 0 spiro atoms. The van der Waals surface area contributed by atoms with Crippen molar-refractivity contribution in [1.82, 2.24) is 4.98 Å². The molecule has 0 aliphatic carbocycles. The maximum absolute atomic E-state index is 12.1. The SMILES string of the molecule is N#Cc1cnc2ccccc2c1NCCCCC(F)(F)F. The van der Waals surface area contributed by atoms with Crippen LogP contribution in [0.2, 0.25) is 0 Å². The van der Waals surface area contributed by atoms with E-state index in [0.29, 0.717) is 24.2 Å². The van der Waals surface area contributed by atoms with Crippen molar-refractivity contribution >= 4 is 16.6 Å². The topological polar surface area (TPSA) is 48.7 Å². The first-order chi connectivity index (χ1) is 10.0. The summed E-state index contributed by atoms with van der Waals surface area (Å²) in [6, 6.07) is 9.38. The summed E-state index contributed by atoms with van der Waals surface area (Å²) in [5.74, 6) is 0. The molecule has 0 saturated carbocycles. The quantitative estimate of drug-likeness (QED) is 0.838. The zero-order valence-corrected chi connectivity index (χ0v) is 11.2. The Labute approximate surface area is 120 Å². The van der Waals surface area contributed by atoms with Gasteiger partial charge in [0.2, 0.25) is 0 Å². The number of unbranched alkanes of at least 4 members (excludes halogenated alkanes) is 1. The Kier molecular flexibility index (Phi) is 4.63. The third kappa shape index (κ3) is 4.09. The largest absolute Gasteiger partial charge is 0.389 e.